The maximum absolute atomic E-state index is 12.8. The molecule has 51 heavy (non-hydrogen) atoms. The fourth-order valence-electron chi connectivity index (χ4n) is 3.81. The number of urea groups is 1. The van der Waals surface area contributed by atoms with Gasteiger partial charge in [-0.05, 0) is 24.5 Å². The molecule has 1 unspecified atom stereocenters. The highest BCUT2D eigenvalue weighted by atomic mass is 16.5. The van der Waals surface area contributed by atoms with E-state index in [1.807, 2.05) is 6.92 Å². The predicted octanol–water partition coefficient (Wildman–Crippen LogP) is 0.883. The quantitative estimate of drug-likeness (QED) is 0.0696. The molecule has 17 heteroatoms. The fraction of sp³-hybridized carbons (Fsp3) is 0.588. The summed E-state index contributed by atoms with van der Waals surface area (Å²) in [5, 5.41) is 12.5. The molecule has 1 aromatic rings. The molecule has 17 nitrogen and oxygen atoms in total. The van der Waals surface area contributed by atoms with E-state index < -0.39 is 60.7 Å². The van der Waals surface area contributed by atoms with Gasteiger partial charge in [0, 0.05) is 42.1 Å². The SMILES string of the molecule is CC(C)C(=O)CCOCCC(=O)NC(C(=O)NCC(=O)Nc1ccc(COC(=O)C(C)C)c(C(=O)NCC(N)=O)c1)C(C)C.CCCNC(N)=O. The molecular weight excluding hydrogens is 666 g/mol. The van der Waals surface area contributed by atoms with Crippen LogP contribution in [0.4, 0.5) is 10.5 Å². The molecule has 7 amide bonds. The smallest absolute Gasteiger partial charge is 0.312 e. The average molecular weight is 722 g/mol. The number of Topliss-reactive ketones (excluding diaryl/α,β-unsaturated/α-hetero) is 1. The lowest BCUT2D eigenvalue weighted by Gasteiger charge is -2.21. The number of primary amides is 2. The lowest BCUT2D eigenvalue weighted by atomic mass is 10.0. The molecule has 0 aliphatic heterocycles. The van der Waals surface area contributed by atoms with Gasteiger partial charge in [-0.25, -0.2) is 4.79 Å². The van der Waals surface area contributed by atoms with Crippen LogP contribution in [0.5, 0.6) is 0 Å². The van der Waals surface area contributed by atoms with Gasteiger partial charge in [-0.3, -0.25) is 33.6 Å². The molecule has 9 N–H and O–H groups in total. The van der Waals surface area contributed by atoms with Crippen LogP contribution in [0.2, 0.25) is 0 Å². The summed E-state index contributed by atoms with van der Waals surface area (Å²) < 4.78 is 10.6. The molecule has 0 saturated carbocycles. The lowest BCUT2D eigenvalue weighted by Crippen LogP contribution is -2.51. The van der Waals surface area contributed by atoms with Crippen LogP contribution in [0.25, 0.3) is 0 Å². The molecule has 0 radical (unpaired) electrons. The first kappa shape index (κ1) is 45.9. The van der Waals surface area contributed by atoms with Crippen molar-refractivity contribution in [2.45, 2.75) is 80.4 Å². The van der Waals surface area contributed by atoms with Gasteiger partial charge in [0.25, 0.3) is 5.91 Å². The number of nitrogens with one attached hydrogen (secondary N) is 5. The summed E-state index contributed by atoms with van der Waals surface area (Å²) >= 11 is 0. The molecule has 0 aliphatic carbocycles. The first-order valence-electron chi connectivity index (χ1n) is 16.8. The van der Waals surface area contributed by atoms with Crippen LogP contribution in [0, 0.1) is 17.8 Å². The molecular formula is C34H55N7O10. The molecule has 1 rings (SSSR count). The van der Waals surface area contributed by atoms with E-state index in [1.54, 1.807) is 41.5 Å². The Labute approximate surface area is 299 Å². The molecule has 0 saturated heterocycles. The Morgan fingerprint density at radius 3 is 1.96 bits per heavy atom. The van der Waals surface area contributed by atoms with Gasteiger partial charge in [0.05, 0.1) is 32.2 Å². The Kier molecular flexibility index (Phi) is 22.5. The average Bonchev–Trinajstić information content (AvgIpc) is 3.06. The van der Waals surface area contributed by atoms with Gasteiger partial charge in [0.2, 0.25) is 23.6 Å². The maximum atomic E-state index is 12.8. The summed E-state index contributed by atoms with van der Waals surface area (Å²) in [4.78, 5) is 95.0. The topological polar surface area (TPSA) is 267 Å². The van der Waals surface area contributed by atoms with Gasteiger partial charge in [0.15, 0.2) is 0 Å². The number of ketones is 1. The highest BCUT2D eigenvalue weighted by Gasteiger charge is 2.25. The number of benzene rings is 1. The number of rotatable bonds is 21. The number of nitrogens with two attached hydrogens (primary N) is 2. The molecule has 0 heterocycles. The molecule has 0 aliphatic rings. The highest BCUT2D eigenvalue weighted by Crippen LogP contribution is 2.18. The zero-order chi connectivity index (χ0) is 39.1. The number of hydrogen-bond donors (Lipinski definition) is 7. The van der Waals surface area contributed by atoms with Crippen molar-refractivity contribution in [3.05, 3.63) is 29.3 Å². The lowest BCUT2D eigenvalue weighted by molar-refractivity contribution is -0.148. The van der Waals surface area contributed by atoms with Crippen molar-refractivity contribution in [2.24, 2.45) is 29.2 Å². The summed E-state index contributed by atoms with van der Waals surface area (Å²) in [6.07, 6.45) is 1.19. The molecule has 0 fully saturated rings. The maximum Gasteiger partial charge on any atom is 0.312 e. The summed E-state index contributed by atoms with van der Waals surface area (Å²) in [6, 6.07) is 2.96. The zero-order valence-corrected chi connectivity index (χ0v) is 30.6. The Morgan fingerprint density at radius 1 is 0.784 bits per heavy atom. The van der Waals surface area contributed by atoms with E-state index in [4.69, 9.17) is 20.9 Å². The second-order valence-electron chi connectivity index (χ2n) is 12.4. The van der Waals surface area contributed by atoms with Crippen molar-refractivity contribution in [2.75, 3.05) is 38.2 Å². The molecule has 0 spiro atoms. The number of amides is 7. The van der Waals surface area contributed by atoms with E-state index in [1.165, 1.54) is 18.2 Å². The van der Waals surface area contributed by atoms with Crippen molar-refractivity contribution >= 4 is 53.0 Å². The third kappa shape index (κ3) is 20.9. The Balaban J connectivity index is 0.00000321. The third-order valence-electron chi connectivity index (χ3n) is 6.75. The van der Waals surface area contributed by atoms with E-state index in [9.17, 15) is 38.4 Å². The van der Waals surface area contributed by atoms with E-state index in [0.717, 1.165) is 6.42 Å². The number of carbonyl (C=O) groups excluding carboxylic acids is 8. The van der Waals surface area contributed by atoms with E-state index in [-0.39, 0.29) is 67.5 Å². The van der Waals surface area contributed by atoms with Gasteiger partial charge in [-0.15, -0.1) is 0 Å². The van der Waals surface area contributed by atoms with E-state index in [0.29, 0.717) is 12.1 Å². The number of ether oxygens (including phenoxy) is 2. The molecule has 0 bridgehead atoms. The monoisotopic (exact) mass is 721 g/mol. The summed E-state index contributed by atoms with van der Waals surface area (Å²) in [7, 11) is 0. The zero-order valence-electron chi connectivity index (χ0n) is 30.6. The second-order valence-corrected chi connectivity index (χ2v) is 12.4. The van der Waals surface area contributed by atoms with Crippen LogP contribution in [-0.2, 0) is 44.8 Å². The van der Waals surface area contributed by atoms with Crippen molar-refractivity contribution < 1.29 is 47.8 Å². The van der Waals surface area contributed by atoms with Gasteiger partial charge < -0.3 is 47.5 Å². The summed E-state index contributed by atoms with van der Waals surface area (Å²) in [5.41, 5.74) is 10.4. The van der Waals surface area contributed by atoms with Crippen molar-refractivity contribution in [1.29, 1.82) is 0 Å². The Morgan fingerprint density at radius 2 is 1.43 bits per heavy atom. The van der Waals surface area contributed by atoms with Crippen LogP contribution >= 0.6 is 0 Å². The minimum absolute atomic E-state index is 0.00509. The fourth-order valence-corrected chi connectivity index (χ4v) is 3.81. The number of anilines is 1. The van der Waals surface area contributed by atoms with Crippen LogP contribution in [0.3, 0.4) is 0 Å². The number of esters is 1. The van der Waals surface area contributed by atoms with Crippen molar-refractivity contribution in [3.8, 4) is 0 Å². The van der Waals surface area contributed by atoms with Crippen molar-refractivity contribution in [3.63, 3.8) is 0 Å². The van der Waals surface area contributed by atoms with Crippen LogP contribution in [0.15, 0.2) is 18.2 Å². The van der Waals surface area contributed by atoms with Crippen LogP contribution in [-0.4, -0.2) is 86.2 Å². The van der Waals surface area contributed by atoms with E-state index in [2.05, 4.69) is 26.6 Å². The predicted molar refractivity (Wildman–Crippen MR) is 189 cm³/mol. The largest absolute Gasteiger partial charge is 0.461 e. The molecule has 0 aromatic heterocycles. The standard InChI is InChI=1S/C30H45N5O9.C4H10N2O/c1-17(2)23(36)9-11-43-12-10-25(38)35-27(18(3)4)29(41)33-15-26(39)34-21-8-7-20(16-44-30(42)19(5)6)22(13-21)28(40)32-14-24(31)37;1-2-3-6-4(5)7/h7-8,13,17-19,27H,9-12,14-16H2,1-6H3,(H2,31,37)(H,32,40)(H,33,41)(H,34,39)(H,35,38);2-3H2,1H3,(H3,5,6,7). The normalized spacial score (nSPS) is 11.1. The first-order chi connectivity index (χ1) is 23.9. The Hall–Kier alpha value is -5.06. The van der Waals surface area contributed by atoms with Crippen LogP contribution < -0.4 is 38.1 Å². The van der Waals surface area contributed by atoms with Crippen molar-refractivity contribution in [1.82, 2.24) is 21.3 Å². The summed E-state index contributed by atoms with van der Waals surface area (Å²) in [6.45, 7) is 12.3. The summed E-state index contributed by atoms with van der Waals surface area (Å²) in [5.74, 6) is -4.18. The molecule has 286 valence electrons. The second kappa shape index (κ2) is 25.0. The molecule has 1 aromatic carbocycles. The molecule has 1 atom stereocenters. The van der Waals surface area contributed by atoms with Gasteiger partial charge >= 0.3 is 12.0 Å². The van der Waals surface area contributed by atoms with Gasteiger partial charge in [-0.1, -0.05) is 54.5 Å². The van der Waals surface area contributed by atoms with Gasteiger partial charge in [0.1, 0.15) is 18.4 Å². The Bertz CT molecular complexity index is 1350. The van der Waals surface area contributed by atoms with Gasteiger partial charge in [-0.2, -0.15) is 0 Å². The number of hydrogen-bond acceptors (Lipinski definition) is 10. The highest BCUT2D eigenvalue weighted by molar-refractivity contribution is 6.00. The first-order valence-corrected chi connectivity index (χ1v) is 16.8. The minimum atomic E-state index is -0.911. The van der Waals surface area contributed by atoms with E-state index >= 15 is 0 Å². The third-order valence-corrected chi connectivity index (χ3v) is 6.75. The minimum Gasteiger partial charge on any atom is -0.461 e. The number of carbonyl (C=O) groups is 8. The van der Waals surface area contributed by atoms with Crippen LogP contribution in [0.1, 0.15) is 83.7 Å².